The van der Waals surface area contributed by atoms with Crippen LogP contribution in [0.25, 0.3) is 0 Å². The number of rotatable bonds is 20. The van der Waals surface area contributed by atoms with E-state index in [0.717, 1.165) is 17.7 Å². The SMILES string of the molecule is C=CCOC(=O)c1ccc(COCC(=O)COc2ccc(OCCCCCCCCCC)cc2)cc1. The number of ketones is 1. The van der Waals surface area contributed by atoms with Crippen molar-refractivity contribution < 1.29 is 28.5 Å². The normalized spacial score (nSPS) is 10.6. The molecule has 196 valence electrons. The first-order valence-electron chi connectivity index (χ1n) is 12.9. The van der Waals surface area contributed by atoms with E-state index in [4.69, 9.17) is 18.9 Å². The van der Waals surface area contributed by atoms with Crippen molar-refractivity contribution in [3.63, 3.8) is 0 Å². The van der Waals surface area contributed by atoms with Crippen molar-refractivity contribution >= 4 is 11.8 Å². The van der Waals surface area contributed by atoms with Crippen LogP contribution in [0.4, 0.5) is 0 Å². The van der Waals surface area contributed by atoms with Crippen LogP contribution in [-0.4, -0.2) is 38.2 Å². The van der Waals surface area contributed by atoms with Crippen molar-refractivity contribution in [3.8, 4) is 11.5 Å². The van der Waals surface area contributed by atoms with Crippen LogP contribution in [0, 0.1) is 0 Å². The van der Waals surface area contributed by atoms with Gasteiger partial charge in [0.2, 0.25) is 0 Å². The van der Waals surface area contributed by atoms with Crippen molar-refractivity contribution in [2.75, 3.05) is 26.4 Å². The maximum Gasteiger partial charge on any atom is 0.338 e. The molecule has 0 aromatic heterocycles. The van der Waals surface area contributed by atoms with Crippen molar-refractivity contribution in [3.05, 3.63) is 72.3 Å². The topological polar surface area (TPSA) is 71.1 Å². The minimum atomic E-state index is -0.405. The number of carbonyl (C=O) groups excluding carboxylic acids is 2. The second kappa shape index (κ2) is 18.2. The van der Waals surface area contributed by atoms with Crippen LogP contribution in [0.5, 0.6) is 11.5 Å². The molecule has 6 nitrogen and oxygen atoms in total. The smallest absolute Gasteiger partial charge is 0.338 e. The monoisotopic (exact) mass is 496 g/mol. The van der Waals surface area contributed by atoms with Crippen LogP contribution in [0.15, 0.2) is 61.2 Å². The fraction of sp³-hybridized carbons (Fsp3) is 0.467. The average Bonchev–Trinajstić information content (AvgIpc) is 2.90. The molecular weight excluding hydrogens is 456 g/mol. The number of benzene rings is 2. The molecule has 0 unspecified atom stereocenters. The van der Waals surface area contributed by atoms with E-state index in [1.165, 1.54) is 51.0 Å². The van der Waals surface area contributed by atoms with Gasteiger partial charge in [-0.25, -0.2) is 4.79 Å². The number of unbranched alkanes of at least 4 members (excludes halogenated alkanes) is 7. The lowest BCUT2D eigenvalue weighted by Gasteiger charge is -2.09. The van der Waals surface area contributed by atoms with Crippen LogP contribution in [-0.2, 0) is 20.9 Å². The van der Waals surface area contributed by atoms with Crippen molar-refractivity contribution in [1.82, 2.24) is 0 Å². The van der Waals surface area contributed by atoms with E-state index in [9.17, 15) is 9.59 Å². The average molecular weight is 497 g/mol. The van der Waals surface area contributed by atoms with Gasteiger partial charge in [0.25, 0.3) is 0 Å². The molecule has 0 atom stereocenters. The van der Waals surface area contributed by atoms with Crippen LogP contribution in [0.1, 0.15) is 74.2 Å². The Morgan fingerprint density at radius 2 is 1.39 bits per heavy atom. The summed E-state index contributed by atoms with van der Waals surface area (Å²) in [6.07, 6.45) is 11.7. The molecule has 36 heavy (non-hydrogen) atoms. The molecular formula is C30H40O6. The Morgan fingerprint density at radius 3 is 2.03 bits per heavy atom. The number of ether oxygens (including phenoxy) is 4. The van der Waals surface area contributed by atoms with Gasteiger partial charge in [0.15, 0.2) is 5.78 Å². The van der Waals surface area contributed by atoms with E-state index < -0.39 is 5.97 Å². The molecule has 2 rings (SSSR count). The van der Waals surface area contributed by atoms with Crippen LogP contribution >= 0.6 is 0 Å². The third-order valence-electron chi connectivity index (χ3n) is 5.54. The van der Waals surface area contributed by atoms with E-state index in [0.29, 0.717) is 17.9 Å². The predicted molar refractivity (Wildman–Crippen MR) is 142 cm³/mol. The maximum absolute atomic E-state index is 12.1. The van der Waals surface area contributed by atoms with Crippen LogP contribution in [0.3, 0.4) is 0 Å². The standard InChI is InChI=1S/C30H40O6/c1-3-5-6-7-8-9-10-11-21-34-28-16-18-29(19-17-28)36-24-27(31)23-33-22-25-12-14-26(15-13-25)30(32)35-20-4-2/h4,12-19H,2-3,5-11,20-24H2,1H3. The summed E-state index contributed by atoms with van der Waals surface area (Å²) in [5.74, 6) is 0.856. The molecule has 6 heteroatoms. The Morgan fingerprint density at radius 1 is 0.778 bits per heavy atom. The number of hydrogen-bond donors (Lipinski definition) is 0. The third kappa shape index (κ3) is 12.5. The summed E-state index contributed by atoms with van der Waals surface area (Å²) >= 11 is 0. The molecule has 0 saturated carbocycles. The molecule has 2 aromatic carbocycles. The first-order valence-corrected chi connectivity index (χ1v) is 12.9. The van der Waals surface area contributed by atoms with Crippen LogP contribution < -0.4 is 9.47 Å². The van der Waals surface area contributed by atoms with Gasteiger partial charge < -0.3 is 18.9 Å². The highest BCUT2D eigenvalue weighted by molar-refractivity contribution is 5.89. The highest BCUT2D eigenvalue weighted by Gasteiger charge is 2.07. The molecule has 0 aliphatic heterocycles. The summed E-state index contributed by atoms with van der Waals surface area (Å²) in [4.78, 5) is 23.8. The summed E-state index contributed by atoms with van der Waals surface area (Å²) in [7, 11) is 0. The first-order chi connectivity index (χ1) is 17.6. The predicted octanol–water partition coefficient (Wildman–Crippen LogP) is 6.71. The molecule has 0 spiro atoms. The number of Topliss-reactive ketones (excluding diaryl/α,β-unsaturated/α-hetero) is 1. The van der Waals surface area contributed by atoms with Crippen molar-refractivity contribution in [1.29, 1.82) is 0 Å². The third-order valence-corrected chi connectivity index (χ3v) is 5.54. The zero-order valence-electron chi connectivity index (χ0n) is 21.5. The number of hydrogen-bond acceptors (Lipinski definition) is 6. The minimum Gasteiger partial charge on any atom is -0.494 e. The molecule has 0 N–H and O–H groups in total. The number of carbonyl (C=O) groups is 2. The maximum atomic E-state index is 12.1. The van der Waals surface area contributed by atoms with E-state index in [1.54, 1.807) is 36.4 Å². The van der Waals surface area contributed by atoms with Gasteiger partial charge in [-0.15, -0.1) is 0 Å². The molecule has 0 bridgehead atoms. The molecule has 0 saturated heterocycles. The Labute approximate surface area is 215 Å². The summed E-state index contributed by atoms with van der Waals surface area (Å²) < 4.78 is 21.8. The molecule has 0 aliphatic carbocycles. The van der Waals surface area contributed by atoms with Gasteiger partial charge in [0.1, 0.15) is 31.3 Å². The first kappa shape index (κ1) is 29.1. The Kier molecular flexibility index (Phi) is 14.7. The summed E-state index contributed by atoms with van der Waals surface area (Å²) in [5, 5.41) is 0. The summed E-state index contributed by atoms with van der Waals surface area (Å²) in [6, 6.07) is 14.2. The molecule has 0 fully saturated rings. The fourth-order valence-electron chi connectivity index (χ4n) is 3.50. The van der Waals surface area contributed by atoms with E-state index in [1.807, 2.05) is 12.1 Å². The fourth-order valence-corrected chi connectivity index (χ4v) is 3.50. The van der Waals surface area contributed by atoms with Gasteiger partial charge in [0, 0.05) is 0 Å². The lowest BCUT2D eigenvalue weighted by atomic mass is 10.1. The summed E-state index contributed by atoms with van der Waals surface area (Å²) in [6.45, 7) is 6.79. The van der Waals surface area contributed by atoms with E-state index in [-0.39, 0.29) is 32.2 Å². The van der Waals surface area contributed by atoms with E-state index in [2.05, 4.69) is 13.5 Å². The van der Waals surface area contributed by atoms with E-state index >= 15 is 0 Å². The highest BCUT2D eigenvalue weighted by Crippen LogP contribution is 2.18. The Hall–Kier alpha value is -3.12. The number of esters is 1. The van der Waals surface area contributed by atoms with Crippen LogP contribution in [0.2, 0.25) is 0 Å². The lowest BCUT2D eigenvalue weighted by molar-refractivity contribution is -0.126. The molecule has 0 heterocycles. The van der Waals surface area contributed by atoms with Gasteiger partial charge >= 0.3 is 5.97 Å². The van der Waals surface area contributed by atoms with Crippen molar-refractivity contribution in [2.45, 2.75) is 64.9 Å². The zero-order valence-corrected chi connectivity index (χ0v) is 21.5. The Bertz CT molecular complexity index is 889. The van der Waals surface area contributed by atoms with Gasteiger partial charge in [0.05, 0.1) is 18.8 Å². The van der Waals surface area contributed by atoms with Gasteiger partial charge in [-0.1, -0.05) is 76.7 Å². The van der Waals surface area contributed by atoms with Crippen molar-refractivity contribution in [2.24, 2.45) is 0 Å². The summed E-state index contributed by atoms with van der Waals surface area (Å²) in [5.41, 5.74) is 1.31. The lowest BCUT2D eigenvalue weighted by Crippen LogP contribution is -2.17. The van der Waals surface area contributed by atoms with Gasteiger partial charge in [-0.3, -0.25) is 4.79 Å². The van der Waals surface area contributed by atoms with Gasteiger partial charge in [-0.2, -0.15) is 0 Å². The molecule has 2 aromatic rings. The Balaban J connectivity index is 1.55. The zero-order chi connectivity index (χ0) is 25.8. The van der Waals surface area contributed by atoms with Gasteiger partial charge in [-0.05, 0) is 48.4 Å². The molecule has 0 radical (unpaired) electrons. The quantitative estimate of drug-likeness (QED) is 0.115. The minimum absolute atomic E-state index is 0.0527. The largest absolute Gasteiger partial charge is 0.494 e. The highest BCUT2D eigenvalue weighted by atomic mass is 16.5. The second-order valence-electron chi connectivity index (χ2n) is 8.70. The molecule has 0 aliphatic rings. The molecule has 0 amide bonds. The second-order valence-corrected chi connectivity index (χ2v) is 8.70.